The van der Waals surface area contributed by atoms with Gasteiger partial charge in [-0.15, -0.1) is 0 Å². The van der Waals surface area contributed by atoms with Crippen molar-refractivity contribution in [2.45, 2.75) is 19.1 Å². The molecule has 0 spiro atoms. The van der Waals surface area contributed by atoms with E-state index in [4.69, 9.17) is 11.6 Å². The SMILES string of the molecule is O[C@@H](CNc1ncnc2c(Cl)nccc12)CN1CCc2ccccc2C1. The van der Waals surface area contributed by atoms with E-state index in [1.165, 1.54) is 17.5 Å². The first-order chi connectivity index (χ1) is 12.7. The van der Waals surface area contributed by atoms with Gasteiger partial charge in [0.2, 0.25) is 0 Å². The number of nitrogens with one attached hydrogen (secondary N) is 1. The van der Waals surface area contributed by atoms with E-state index in [1.807, 2.05) is 6.07 Å². The molecule has 134 valence electrons. The van der Waals surface area contributed by atoms with Crippen molar-refractivity contribution in [2.75, 3.05) is 25.0 Å². The molecule has 6 nitrogen and oxygen atoms in total. The summed E-state index contributed by atoms with van der Waals surface area (Å²) in [6.45, 7) is 2.87. The van der Waals surface area contributed by atoms with Crippen LogP contribution in [-0.2, 0) is 13.0 Å². The second-order valence-corrected chi connectivity index (χ2v) is 6.87. The summed E-state index contributed by atoms with van der Waals surface area (Å²) in [5.41, 5.74) is 3.37. The summed E-state index contributed by atoms with van der Waals surface area (Å²) in [4.78, 5) is 14.7. The van der Waals surface area contributed by atoms with Gasteiger partial charge in [0, 0.05) is 37.8 Å². The third-order valence-corrected chi connectivity index (χ3v) is 4.97. The molecule has 0 saturated heterocycles. The first-order valence-electron chi connectivity index (χ1n) is 8.67. The van der Waals surface area contributed by atoms with Crippen LogP contribution in [0.3, 0.4) is 0 Å². The van der Waals surface area contributed by atoms with Crippen molar-refractivity contribution in [2.24, 2.45) is 0 Å². The highest BCUT2D eigenvalue weighted by Crippen LogP contribution is 2.23. The third-order valence-electron chi connectivity index (χ3n) is 4.69. The Morgan fingerprint density at radius 3 is 2.88 bits per heavy atom. The van der Waals surface area contributed by atoms with E-state index in [2.05, 4.69) is 49.4 Å². The molecule has 0 unspecified atom stereocenters. The molecule has 0 amide bonds. The van der Waals surface area contributed by atoms with Crippen molar-refractivity contribution in [1.82, 2.24) is 19.9 Å². The van der Waals surface area contributed by atoms with Crippen LogP contribution in [0.1, 0.15) is 11.1 Å². The largest absolute Gasteiger partial charge is 0.390 e. The zero-order chi connectivity index (χ0) is 17.9. The van der Waals surface area contributed by atoms with Crippen LogP contribution >= 0.6 is 11.6 Å². The van der Waals surface area contributed by atoms with Crippen molar-refractivity contribution in [3.05, 3.63) is 59.1 Å². The predicted octanol–water partition coefficient (Wildman–Crippen LogP) is 2.51. The van der Waals surface area contributed by atoms with Gasteiger partial charge >= 0.3 is 0 Å². The number of hydrogen-bond acceptors (Lipinski definition) is 6. The lowest BCUT2D eigenvalue weighted by molar-refractivity contribution is 0.114. The van der Waals surface area contributed by atoms with Crippen molar-refractivity contribution >= 4 is 28.3 Å². The Morgan fingerprint density at radius 1 is 1.15 bits per heavy atom. The maximum absolute atomic E-state index is 10.5. The minimum Gasteiger partial charge on any atom is -0.390 e. The minimum atomic E-state index is -0.498. The number of hydrogen-bond donors (Lipinski definition) is 2. The molecular formula is C19H20ClN5O. The van der Waals surface area contributed by atoms with E-state index in [0.29, 0.717) is 29.6 Å². The highest BCUT2D eigenvalue weighted by atomic mass is 35.5. The average molecular weight is 370 g/mol. The molecule has 0 radical (unpaired) electrons. The third kappa shape index (κ3) is 3.62. The van der Waals surface area contributed by atoms with Gasteiger partial charge in [0.1, 0.15) is 17.7 Å². The summed E-state index contributed by atoms with van der Waals surface area (Å²) >= 11 is 6.08. The van der Waals surface area contributed by atoms with Crippen LogP contribution in [0, 0.1) is 0 Å². The van der Waals surface area contributed by atoms with Crippen molar-refractivity contribution in [3.63, 3.8) is 0 Å². The number of rotatable bonds is 5. The lowest BCUT2D eigenvalue weighted by Gasteiger charge is -2.30. The summed E-state index contributed by atoms with van der Waals surface area (Å²) in [5, 5.41) is 14.8. The molecule has 2 N–H and O–H groups in total. The van der Waals surface area contributed by atoms with E-state index in [1.54, 1.807) is 6.20 Å². The number of aliphatic hydroxyl groups excluding tert-OH is 1. The fraction of sp³-hybridized carbons (Fsp3) is 0.316. The van der Waals surface area contributed by atoms with Crippen LogP contribution in [0.15, 0.2) is 42.9 Å². The molecule has 1 aliphatic heterocycles. The standard InChI is InChI=1S/C19H20ClN5O/c20-18-17-16(5-7-21-18)19(24-12-23-17)22-9-15(26)11-25-8-6-13-3-1-2-4-14(13)10-25/h1-5,7,12,15,26H,6,8-11H2,(H,22,23,24)/t15-/m0/s1. The lowest BCUT2D eigenvalue weighted by Crippen LogP contribution is -2.39. The molecular weight excluding hydrogens is 350 g/mol. The van der Waals surface area contributed by atoms with E-state index in [-0.39, 0.29) is 0 Å². The molecule has 0 aliphatic carbocycles. The van der Waals surface area contributed by atoms with E-state index in [0.717, 1.165) is 24.9 Å². The first kappa shape index (κ1) is 17.1. The zero-order valence-electron chi connectivity index (χ0n) is 14.3. The summed E-state index contributed by atoms with van der Waals surface area (Å²) in [7, 11) is 0. The summed E-state index contributed by atoms with van der Waals surface area (Å²) in [5.74, 6) is 0.655. The van der Waals surface area contributed by atoms with Crippen LogP contribution in [0.2, 0.25) is 5.15 Å². The van der Waals surface area contributed by atoms with Crippen LogP contribution < -0.4 is 5.32 Å². The van der Waals surface area contributed by atoms with Crippen molar-refractivity contribution < 1.29 is 5.11 Å². The molecule has 3 heterocycles. The molecule has 2 aromatic heterocycles. The molecule has 7 heteroatoms. The highest BCUT2D eigenvalue weighted by Gasteiger charge is 2.18. The van der Waals surface area contributed by atoms with E-state index in [9.17, 15) is 5.11 Å². The Kier molecular flexibility index (Phi) is 4.97. The number of anilines is 1. The lowest BCUT2D eigenvalue weighted by atomic mass is 10.00. The molecule has 0 fully saturated rings. The maximum Gasteiger partial charge on any atom is 0.155 e. The van der Waals surface area contributed by atoms with Crippen LogP contribution in [-0.4, -0.2) is 50.7 Å². The van der Waals surface area contributed by atoms with Gasteiger partial charge in [-0.2, -0.15) is 0 Å². The Morgan fingerprint density at radius 2 is 2.00 bits per heavy atom. The van der Waals surface area contributed by atoms with E-state index < -0.39 is 6.10 Å². The summed E-state index contributed by atoms with van der Waals surface area (Å²) in [6, 6.07) is 10.3. The molecule has 26 heavy (non-hydrogen) atoms. The topological polar surface area (TPSA) is 74.2 Å². The van der Waals surface area contributed by atoms with Crippen molar-refractivity contribution in [1.29, 1.82) is 0 Å². The quantitative estimate of drug-likeness (QED) is 0.673. The Bertz CT molecular complexity index is 919. The highest BCUT2D eigenvalue weighted by molar-refractivity contribution is 6.34. The summed E-state index contributed by atoms with van der Waals surface area (Å²) < 4.78 is 0. The zero-order valence-corrected chi connectivity index (χ0v) is 15.0. The maximum atomic E-state index is 10.5. The van der Waals surface area contributed by atoms with Crippen LogP contribution in [0.25, 0.3) is 10.9 Å². The molecule has 1 aliphatic rings. The van der Waals surface area contributed by atoms with Crippen molar-refractivity contribution in [3.8, 4) is 0 Å². The van der Waals surface area contributed by atoms with Gasteiger partial charge in [0.25, 0.3) is 0 Å². The fourth-order valence-corrected chi connectivity index (χ4v) is 3.59. The Labute approximate surface area is 156 Å². The normalized spacial score (nSPS) is 15.6. The second-order valence-electron chi connectivity index (χ2n) is 6.51. The van der Waals surface area contributed by atoms with Gasteiger partial charge in [-0.1, -0.05) is 35.9 Å². The summed E-state index contributed by atoms with van der Waals surface area (Å²) in [6.07, 6.45) is 3.60. The molecule has 4 rings (SSSR count). The fourth-order valence-electron chi connectivity index (χ4n) is 3.38. The number of aliphatic hydroxyl groups is 1. The molecule has 0 saturated carbocycles. The average Bonchev–Trinajstić information content (AvgIpc) is 2.67. The minimum absolute atomic E-state index is 0.348. The Balaban J connectivity index is 1.38. The number of fused-ring (bicyclic) bond motifs is 2. The number of nitrogens with zero attached hydrogens (tertiary/aromatic N) is 4. The smallest absolute Gasteiger partial charge is 0.155 e. The molecule has 1 aromatic carbocycles. The predicted molar refractivity (Wildman–Crippen MR) is 102 cm³/mol. The number of halogens is 1. The monoisotopic (exact) mass is 369 g/mol. The second kappa shape index (κ2) is 7.53. The van der Waals surface area contributed by atoms with Gasteiger partial charge in [-0.05, 0) is 23.6 Å². The molecule has 3 aromatic rings. The number of benzene rings is 1. The molecule has 0 bridgehead atoms. The first-order valence-corrected chi connectivity index (χ1v) is 9.05. The van der Waals surface area contributed by atoms with Gasteiger partial charge < -0.3 is 10.4 Å². The van der Waals surface area contributed by atoms with Gasteiger partial charge in [-0.25, -0.2) is 15.0 Å². The van der Waals surface area contributed by atoms with Crippen LogP contribution in [0.4, 0.5) is 5.82 Å². The van der Waals surface area contributed by atoms with E-state index >= 15 is 0 Å². The number of β-amino-alcohol motifs (C(OH)–C–C–N with tert-alkyl or cyclic N) is 1. The molecule has 1 atom stereocenters. The van der Waals surface area contributed by atoms with Gasteiger partial charge in [0.05, 0.1) is 6.10 Å². The van der Waals surface area contributed by atoms with Gasteiger partial charge in [0.15, 0.2) is 5.15 Å². The van der Waals surface area contributed by atoms with Gasteiger partial charge in [-0.3, -0.25) is 4.90 Å². The van der Waals surface area contributed by atoms with Crippen LogP contribution in [0.5, 0.6) is 0 Å². The number of pyridine rings is 1. The Hall–Kier alpha value is -2.28. The number of aromatic nitrogens is 3.